The lowest BCUT2D eigenvalue weighted by molar-refractivity contribution is 0.736. The Bertz CT molecular complexity index is 414. The highest BCUT2D eigenvalue weighted by Gasteiger charge is 1.69. The minimum atomic E-state index is 0.833. The summed E-state index contributed by atoms with van der Waals surface area (Å²) < 4.78 is 0. The van der Waals surface area contributed by atoms with Crippen LogP contribution in [0.3, 0.4) is 0 Å². The molecule has 0 aliphatic carbocycles. The van der Waals surface area contributed by atoms with Gasteiger partial charge in [-0.3, -0.25) is 9.97 Å². The Kier molecular flexibility index (Phi) is 69.3. The van der Waals surface area contributed by atoms with Crippen molar-refractivity contribution in [2.45, 2.75) is 104 Å². The number of rotatable bonds is 0. The van der Waals surface area contributed by atoms with E-state index < -0.39 is 0 Å². The van der Waals surface area contributed by atoms with Crippen LogP contribution in [0.15, 0.2) is 74.1 Å². The lowest BCUT2D eigenvalue weighted by atomic mass is 10.3. The summed E-state index contributed by atoms with van der Waals surface area (Å²) in [5.74, 6) is 2.50. The molecule has 0 saturated heterocycles. The predicted octanol–water partition coefficient (Wildman–Crippen LogP) is 9.50. The molecule has 0 radical (unpaired) electrons. The van der Waals surface area contributed by atoms with Gasteiger partial charge >= 0.3 is 0 Å². The van der Waals surface area contributed by atoms with Crippen LogP contribution in [0.2, 0.25) is 0 Å². The highest BCUT2D eigenvalue weighted by atomic mass is 15.1. The van der Waals surface area contributed by atoms with Gasteiger partial charge in [-0.25, -0.2) is 9.97 Å². The fraction of sp³-hybridized carbons (Fsp3) is 0.600. The Morgan fingerprint density at radius 3 is 0.667 bits per heavy atom. The van der Waals surface area contributed by atoms with Crippen LogP contribution in [0.4, 0.5) is 0 Å². The summed E-state index contributed by atoms with van der Waals surface area (Å²) in [6.07, 6.45) is 14.7. The maximum absolute atomic E-state index is 3.72. The van der Waals surface area contributed by atoms with Crippen LogP contribution < -0.4 is 0 Å². The molecule has 0 bridgehead atoms. The summed E-state index contributed by atoms with van der Waals surface area (Å²) in [7, 11) is 0. The normalized spacial score (nSPS) is 7.50. The van der Waals surface area contributed by atoms with E-state index in [-0.39, 0.29) is 0 Å². The first-order chi connectivity index (χ1) is 17.2. The van der Waals surface area contributed by atoms with E-state index in [1.807, 2.05) is 53.7 Å². The summed E-state index contributed by atoms with van der Waals surface area (Å²) in [4.78, 5) is 14.8. The third kappa shape index (κ3) is 123. The molecule has 3 aromatic heterocycles. The molecule has 6 nitrogen and oxygen atoms in total. The first-order valence-corrected chi connectivity index (χ1v) is 13.3. The lowest BCUT2D eigenvalue weighted by Gasteiger charge is -1.79. The van der Waals surface area contributed by atoms with E-state index in [1.165, 1.54) is 6.33 Å². The van der Waals surface area contributed by atoms with Gasteiger partial charge in [-0.2, -0.15) is 10.2 Å². The molecular weight excluding hydrogens is 444 g/mol. The van der Waals surface area contributed by atoms with Gasteiger partial charge in [0, 0.05) is 49.6 Å². The molecule has 0 amide bonds. The molecule has 0 aliphatic rings. The third-order valence-electron chi connectivity index (χ3n) is 1.44. The Morgan fingerprint density at radius 1 is 0.333 bits per heavy atom. The second-order valence-corrected chi connectivity index (χ2v) is 7.91. The summed E-state index contributed by atoms with van der Waals surface area (Å²) in [6.45, 7) is 31.5. The maximum Gasteiger partial charge on any atom is 0.115 e. The molecule has 0 aliphatic heterocycles. The SMILES string of the molecule is CC.CC.CC.CC(C)C.CC(C)C.CC(C)C.c1ccnnc1.c1cnccn1.c1cncnc1. The largest absolute Gasteiger partial charge is 0.262 e. The molecule has 3 rings (SSSR count). The van der Waals surface area contributed by atoms with Crippen molar-refractivity contribution in [3.05, 3.63) is 74.1 Å². The zero-order chi connectivity index (χ0) is 29.5. The molecule has 6 heteroatoms. The fourth-order valence-electron chi connectivity index (χ4n) is 0.760. The van der Waals surface area contributed by atoms with Crippen molar-refractivity contribution in [1.29, 1.82) is 0 Å². The topological polar surface area (TPSA) is 77.3 Å². The minimum absolute atomic E-state index is 0.833. The van der Waals surface area contributed by atoms with Gasteiger partial charge in [0.25, 0.3) is 0 Å². The Balaban J connectivity index is -0.0000000727. The van der Waals surface area contributed by atoms with E-state index in [2.05, 4.69) is 92.4 Å². The van der Waals surface area contributed by atoms with Gasteiger partial charge in [-0.1, -0.05) is 104 Å². The second kappa shape index (κ2) is 53.5. The average Bonchev–Trinajstić information content (AvgIpc) is 2.90. The smallest absolute Gasteiger partial charge is 0.115 e. The van der Waals surface area contributed by atoms with E-state index >= 15 is 0 Å². The van der Waals surface area contributed by atoms with E-state index in [0.717, 1.165) is 17.8 Å². The molecule has 0 fully saturated rings. The number of aromatic nitrogens is 6. The average molecular weight is 505 g/mol. The highest BCUT2D eigenvalue weighted by Crippen LogP contribution is 1.82. The van der Waals surface area contributed by atoms with Crippen LogP contribution in [-0.2, 0) is 0 Å². The Labute approximate surface area is 225 Å². The zero-order valence-corrected chi connectivity index (χ0v) is 26.3. The van der Waals surface area contributed by atoms with Crippen molar-refractivity contribution >= 4 is 0 Å². The summed E-state index contributed by atoms with van der Waals surface area (Å²) >= 11 is 0. The molecule has 210 valence electrons. The number of hydrogen-bond donors (Lipinski definition) is 0. The summed E-state index contributed by atoms with van der Waals surface area (Å²) in [6, 6.07) is 5.43. The lowest BCUT2D eigenvalue weighted by Crippen LogP contribution is -1.69. The molecule has 0 saturated carbocycles. The van der Waals surface area contributed by atoms with E-state index in [0.29, 0.717) is 0 Å². The predicted molar refractivity (Wildman–Crippen MR) is 162 cm³/mol. The monoisotopic (exact) mass is 504 g/mol. The van der Waals surface area contributed by atoms with Crippen LogP contribution in [-0.4, -0.2) is 30.1 Å². The van der Waals surface area contributed by atoms with Gasteiger partial charge in [0.1, 0.15) is 6.33 Å². The molecule has 0 aromatic carbocycles. The second-order valence-electron chi connectivity index (χ2n) is 7.91. The molecule has 3 aromatic rings. The van der Waals surface area contributed by atoms with Crippen molar-refractivity contribution in [3.8, 4) is 0 Å². The van der Waals surface area contributed by atoms with Gasteiger partial charge in [-0.05, 0) is 36.0 Å². The quantitative estimate of drug-likeness (QED) is 0.303. The van der Waals surface area contributed by atoms with Gasteiger partial charge in [0.15, 0.2) is 0 Å². The highest BCUT2D eigenvalue weighted by molar-refractivity contribution is 4.80. The van der Waals surface area contributed by atoms with Gasteiger partial charge in [0.2, 0.25) is 0 Å². The van der Waals surface area contributed by atoms with Crippen LogP contribution in [0.1, 0.15) is 104 Å². The van der Waals surface area contributed by atoms with Crippen molar-refractivity contribution in [2.75, 3.05) is 0 Å². The fourth-order valence-corrected chi connectivity index (χ4v) is 0.760. The first-order valence-electron chi connectivity index (χ1n) is 13.3. The van der Waals surface area contributed by atoms with E-state index in [4.69, 9.17) is 0 Å². The number of nitrogens with zero attached hydrogens (tertiary/aromatic N) is 6. The van der Waals surface area contributed by atoms with E-state index in [9.17, 15) is 0 Å². The van der Waals surface area contributed by atoms with Crippen molar-refractivity contribution < 1.29 is 0 Å². The van der Waals surface area contributed by atoms with Crippen LogP contribution in [0.5, 0.6) is 0 Å². The molecule has 0 atom stereocenters. The Morgan fingerprint density at radius 2 is 0.583 bits per heavy atom. The van der Waals surface area contributed by atoms with Crippen molar-refractivity contribution in [2.24, 2.45) is 17.8 Å². The molecule has 36 heavy (non-hydrogen) atoms. The van der Waals surface area contributed by atoms with E-state index in [1.54, 1.807) is 55.6 Å². The van der Waals surface area contributed by atoms with Crippen molar-refractivity contribution in [3.63, 3.8) is 0 Å². The van der Waals surface area contributed by atoms with Crippen molar-refractivity contribution in [1.82, 2.24) is 30.1 Å². The van der Waals surface area contributed by atoms with Gasteiger partial charge < -0.3 is 0 Å². The van der Waals surface area contributed by atoms with Crippen LogP contribution in [0, 0.1) is 17.8 Å². The summed E-state index contributed by atoms with van der Waals surface area (Å²) in [5, 5.41) is 7.07. The van der Waals surface area contributed by atoms with Gasteiger partial charge in [-0.15, -0.1) is 0 Å². The molecule has 0 N–H and O–H groups in total. The maximum atomic E-state index is 3.72. The van der Waals surface area contributed by atoms with Crippen LogP contribution in [0.25, 0.3) is 0 Å². The van der Waals surface area contributed by atoms with Crippen LogP contribution >= 0.6 is 0 Å². The zero-order valence-electron chi connectivity index (χ0n) is 26.3. The molecule has 0 unspecified atom stereocenters. The summed E-state index contributed by atoms with van der Waals surface area (Å²) in [5.41, 5.74) is 0. The Hall–Kier alpha value is -2.76. The standard InChI is InChI=1S/3C4H4N2.3C4H10.3C2H6/c1-2-6-4-3-5-1;1-2-5-4-6-3-1;1-2-4-6-5-3-1;3*1-4(2)3;3*1-2/h3*1-4H;3*4H,1-3H3;3*1-2H3. The molecule has 0 spiro atoms. The minimum Gasteiger partial charge on any atom is -0.262 e. The third-order valence-corrected chi connectivity index (χ3v) is 1.44. The molecule has 3 heterocycles. The molecular formula is C30H60N6. The number of hydrogen-bond acceptors (Lipinski definition) is 6. The van der Waals surface area contributed by atoms with Gasteiger partial charge in [0.05, 0.1) is 0 Å². The first kappa shape index (κ1) is 46.6.